The Morgan fingerprint density at radius 1 is 1.39 bits per heavy atom. The predicted molar refractivity (Wildman–Crippen MR) is 75.4 cm³/mol. The molecular weight excluding hydrogens is 226 g/mol. The highest BCUT2D eigenvalue weighted by atomic mass is 16.2. The third-order valence-corrected chi connectivity index (χ3v) is 3.54. The lowest BCUT2D eigenvalue weighted by Gasteiger charge is -2.28. The molecular formula is C14H21N3O. The van der Waals surface area contributed by atoms with Crippen molar-refractivity contribution < 1.29 is 4.79 Å². The first-order chi connectivity index (χ1) is 8.63. The van der Waals surface area contributed by atoms with E-state index < -0.39 is 0 Å². The summed E-state index contributed by atoms with van der Waals surface area (Å²) in [5, 5.41) is 3.15. The Kier molecular flexibility index (Phi) is 3.87. The van der Waals surface area contributed by atoms with Crippen molar-refractivity contribution in [1.29, 1.82) is 0 Å². The second kappa shape index (κ2) is 5.40. The van der Waals surface area contributed by atoms with Crippen molar-refractivity contribution in [2.75, 3.05) is 44.0 Å². The molecule has 1 aliphatic heterocycles. The summed E-state index contributed by atoms with van der Waals surface area (Å²) in [6.07, 6.45) is 1.47. The van der Waals surface area contributed by atoms with Crippen LogP contribution in [0.4, 0.5) is 11.4 Å². The van der Waals surface area contributed by atoms with Crippen LogP contribution in [0, 0.1) is 0 Å². The maximum absolute atomic E-state index is 11.6. The zero-order valence-corrected chi connectivity index (χ0v) is 11.4. The number of nitrogens with zero attached hydrogens (tertiary/aromatic N) is 2. The van der Waals surface area contributed by atoms with Gasteiger partial charge in [-0.05, 0) is 37.2 Å². The topological polar surface area (TPSA) is 35.6 Å². The number of hydrogen-bond acceptors (Lipinski definition) is 3. The molecule has 0 atom stereocenters. The molecule has 2 rings (SSSR count). The van der Waals surface area contributed by atoms with Gasteiger partial charge in [0, 0.05) is 45.0 Å². The predicted octanol–water partition coefficient (Wildman–Crippen LogP) is 1.25. The highest BCUT2D eigenvalue weighted by Gasteiger charge is 2.21. The van der Waals surface area contributed by atoms with Crippen molar-refractivity contribution in [3.63, 3.8) is 0 Å². The van der Waals surface area contributed by atoms with E-state index in [0.717, 1.165) is 25.2 Å². The molecule has 98 valence electrons. The van der Waals surface area contributed by atoms with Gasteiger partial charge >= 0.3 is 0 Å². The van der Waals surface area contributed by atoms with Gasteiger partial charge in [0.05, 0.1) is 0 Å². The molecule has 1 heterocycles. The van der Waals surface area contributed by atoms with Gasteiger partial charge < -0.3 is 15.1 Å². The molecule has 0 fully saturated rings. The Balaban J connectivity index is 2.20. The summed E-state index contributed by atoms with van der Waals surface area (Å²) in [6.45, 7) is 1.94. The summed E-state index contributed by atoms with van der Waals surface area (Å²) in [5.41, 5.74) is 3.54. The van der Waals surface area contributed by atoms with Crippen LogP contribution < -0.4 is 15.1 Å². The molecule has 1 aliphatic rings. The number of anilines is 2. The van der Waals surface area contributed by atoms with E-state index >= 15 is 0 Å². The number of hydrogen-bond donors (Lipinski definition) is 1. The van der Waals surface area contributed by atoms with Crippen molar-refractivity contribution in [3.8, 4) is 0 Å². The number of fused-ring (bicyclic) bond motifs is 1. The summed E-state index contributed by atoms with van der Waals surface area (Å²) in [5.74, 6) is 0.207. The Morgan fingerprint density at radius 3 is 2.89 bits per heavy atom. The largest absolute Gasteiger partial charge is 0.373 e. The molecule has 1 aromatic carbocycles. The number of rotatable bonds is 4. The number of nitrogens with one attached hydrogen (secondary N) is 1. The van der Waals surface area contributed by atoms with E-state index in [9.17, 15) is 4.79 Å². The van der Waals surface area contributed by atoms with Crippen LogP contribution in [0.15, 0.2) is 18.2 Å². The Hall–Kier alpha value is -1.55. The quantitative estimate of drug-likeness (QED) is 0.870. The van der Waals surface area contributed by atoms with Gasteiger partial charge in [0.15, 0.2) is 0 Å². The Labute approximate surface area is 109 Å². The summed E-state index contributed by atoms with van der Waals surface area (Å²) >= 11 is 0. The fourth-order valence-electron chi connectivity index (χ4n) is 2.29. The fourth-order valence-corrected chi connectivity index (χ4v) is 2.29. The molecule has 0 unspecified atom stereocenters. The van der Waals surface area contributed by atoms with E-state index in [1.807, 2.05) is 14.1 Å². The van der Waals surface area contributed by atoms with Crippen LogP contribution in [0.1, 0.15) is 12.0 Å². The van der Waals surface area contributed by atoms with Crippen LogP contribution in [-0.2, 0) is 11.2 Å². The molecule has 1 N–H and O–H groups in total. The number of amides is 1. The zero-order chi connectivity index (χ0) is 13.1. The second-order valence-corrected chi connectivity index (χ2v) is 4.79. The monoisotopic (exact) mass is 247 g/mol. The Morgan fingerprint density at radius 2 is 2.17 bits per heavy atom. The van der Waals surface area contributed by atoms with Crippen LogP contribution in [0.3, 0.4) is 0 Å². The number of carbonyl (C=O) groups is 1. The molecule has 4 nitrogen and oxygen atoms in total. The standard InChI is InChI=1S/C14H21N3O/c1-15-8-9-16(2)12-5-6-13-11(10-12)4-7-14(18)17(13)3/h5-6,10,15H,4,7-9H2,1-3H3. The zero-order valence-electron chi connectivity index (χ0n) is 11.4. The molecule has 4 heteroatoms. The lowest BCUT2D eigenvalue weighted by atomic mass is 10.0. The number of likely N-dealkylation sites (N-methyl/N-ethyl adjacent to an activating group) is 2. The van der Waals surface area contributed by atoms with E-state index in [1.165, 1.54) is 11.3 Å². The highest BCUT2D eigenvalue weighted by molar-refractivity contribution is 5.96. The van der Waals surface area contributed by atoms with Gasteiger partial charge in [-0.1, -0.05) is 0 Å². The number of aryl methyl sites for hydroxylation is 1. The molecule has 0 aromatic heterocycles. The van der Waals surface area contributed by atoms with E-state index in [0.29, 0.717) is 6.42 Å². The fraction of sp³-hybridized carbons (Fsp3) is 0.500. The van der Waals surface area contributed by atoms with Gasteiger partial charge in [0.2, 0.25) is 5.91 Å². The summed E-state index contributed by atoms with van der Waals surface area (Å²) in [6, 6.07) is 6.34. The molecule has 1 aromatic rings. The first-order valence-electron chi connectivity index (χ1n) is 6.38. The van der Waals surface area contributed by atoms with Crippen LogP contribution in [0.5, 0.6) is 0 Å². The van der Waals surface area contributed by atoms with Crippen LogP contribution in [-0.4, -0.2) is 40.1 Å². The third-order valence-electron chi connectivity index (χ3n) is 3.54. The smallest absolute Gasteiger partial charge is 0.227 e. The van der Waals surface area contributed by atoms with Gasteiger partial charge in [-0.25, -0.2) is 0 Å². The van der Waals surface area contributed by atoms with E-state index in [4.69, 9.17) is 0 Å². The Bertz CT molecular complexity index is 445. The first-order valence-corrected chi connectivity index (χ1v) is 6.38. The van der Waals surface area contributed by atoms with Crippen molar-refractivity contribution in [3.05, 3.63) is 23.8 Å². The second-order valence-electron chi connectivity index (χ2n) is 4.79. The average molecular weight is 247 g/mol. The minimum atomic E-state index is 0.207. The lowest BCUT2D eigenvalue weighted by Crippen LogP contribution is -2.31. The first kappa shape index (κ1) is 12.9. The maximum Gasteiger partial charge on any atom is 0.227 e. The van der Waals surface area contributed by atoms with Crippen molar-refractivity contribution in [2.24, 2.45) is 0 Å². The minimum absolute atomic E-state index is 0.207. The molecule has 0 bridgehead atoms. The van der Waals surface area contributed by atoms with Gasteiger partial charge in [-0.3, -0.25) is 4.79 Å². The third kappa shape index (κ3) is 2.48. The van der Waals surface area contributed by atoms with Crippen molar-refractivity contribution in [2.45, 2.75) is 12.8 Å². The molecule has 0 radical (unpaired) electrons. The van der Waals surface area contributed by atoms with E-state index in [1.54, 1.807) is 4.90 Å². The lowest BCUT2D eigenvalue weighted by molar-refractivity contribution is -0.118. The summed E-state index contributed by atoms with van der Waals surface area (Å²) < 4.78 is 0. The number of carbonyl (C=O) groups excluding carboxylic acids is 1. The average Bonchev–Trinajstić information content (AvgIpc) is 2.40. The van der Waals surface area contributed by atoms with Crippen molar-refractivity contribution in [1.82, 2.24) is 5.32 Å². The van der Waals surface area contributed by atoms with Crippen LogP contribution >= 0.6 is 0 Å². The molecule has 0 saturated carbocycles. The van der Waals surface area contributed by atoms with Crippen LogP contribution in [0.2, 0.25) is 0 Å². The van der Waals surface area contributed by atoms with Crippen LogP contribution in [0.25, 0.3) is 0 Å². The molecule has 1 amide bonds. The maximum atomic E-state index is 11.6. The molecule has 18 heavy (non-hydrogen) atoms. The number of benzene rings is 1. The SMILES string of the molecule is CNCCN(C)c1ccc2c(c1)CCC(=O)N2C. The summed E-state index contributed by atoms with van der Waals surface area (Å²) in [7, 11) is 5.91. The molecule has 0 saturated heterocycles. The minimum Gasteiger partial charge on any atom is -0.373 e. The van der Waals surface area contributed by atoms with Crippen molar-refractivity contribution >= 4 is 17.3 Å². The van der Waals surface area contributed by atoms with Gasteiger partial charge in [-0.15, -0.1) is 0 Å². The highest BCUT2D eigenvalue weighted by Crippen LogP contribution is 2.30. The molecule has 0 spiro atoms. The van der Waals surface area contributed by atoms with Gasteiger partial charge in [0.1, 0.15) is 0 Å². The van der Waals surface area contributed by atoms with Gasteiger partial charge in [-0.2, -0.15) is 0 Å². The van der Waals surface area contributed by atoms with E-state index in [2.05, 4.69) is 35.5 Å². The van der Waals surface area contributed by atoms with Gasteiger partial charge in [0.25, 0.3) is 0 Å². The normalized spacial score (nSPS) is 14.6. The summed E-state index contributed by atoms with van der Waals surface area (Å²) in [4.78, 5) is 15.6. The van der Waals surface area contributed by atoms with E-state index in [-0.39, 0.29) is 5.91 Å². The molecule has 0 aliphatic carbocycles.